The number of aromatic nitrogens is 4. The Morgan fingerprint density at radius 3 is 1.55 bits per heavy atom. The van der Waals surface area contributed by atoms with Crippen LogP contribution in [0.2, 0.25) is 0 Å². The van der Waals surface area contributed by atoms with E-state index >= 15 is 0 Å². The quantitative estimate of drug-likeness (QED) is 0.129. The molecule has 0 radical (unpaired) electrons. The van der Waals surface area contributed by atoms with Gasteiger partial charge in [-0.2, -0.15) is 0 Å². The monoisotopic (exact) mass is 762 g/mol. The van der Waals surface area contributed by atoms with E-state index in [2.05, 4.69) is 156 Å². The van der Waals surface area contributed by atoms with Gasteiger partial charge < -0.3 is 0 Å². The lowest BCUT2D eigenvalue weighted by Gasteiger charge is -2.17. The van der Waals surface area contributed by atoms with Crippen LogP contribution >= 0.6 is 0 Å². The van der Waals surface area contributed by atoms with Gasteiger partial charge >= 0.3 is 0 Å². The van der Waals surface area contributed by atoms with Gasteiger partial charge in [0.25, 0.3) is 0 Å². The maximum atomic E-state index is 5.23. The van der Waals surface area contributed by atoms with Crippen LogP contribution in [-0.4, -0.2) is 19.9 Å². The normalized spacial score (nSPS) is 11.7. The molecule has 0 atom stereocenters. The molecule has 0 fully saturated rings. The zero-order chi connectivity index (χ0) is 39.6. The highest BCUT2D eigenvalue weighted by molar-refractivity contribution is 6.23. The minimum atomic E-state index is 0.827. The third kappa shape index (κ3) is 5.69. The van der Waals surface area contributed by atoms with Gasteiger partial charge in [0.15, 0.2) is 0 Å². The highest BCUT2D eigenvalue weighted by Crippen LogP contribution is 2.44. The fourth-order valence-electron chi connectivity index (χ4n) is 9.06. The fourth-order valence-corrected chi connectivity index (χ4v) is 9.06. The Hall–Kier alpha value is -8.08. The van der Waals surface area contributed by atoms with Crippen molar-refractivity contribution in [2.45, 2.75) is 0 Å². The Morgan fingerprint density at radius 2 is 0.800 bits per heavy atom. The molecule has 278 valence electrons. The summed E-state index contributed by atoms with van der Waals surface area (Å²) in [6, 6.07) is 69.3. The smallest absolute Gasteiger partial charge is 0.0893 e. The number of benzene rings is 8. The van der Waals surface area contributed by atoms with Crippen LogP contribution in [0.1, 0.15) is 0 Å². The Morgan fingerprint density at radius 1 is 0.250 bits per heavy atom. The Bertz CT molecular complexity index is 3650. The molecule has 0 aliphatic heterocycles. The first-order chi connectivity index (χ1) is 29.7. The average molecular weight is 763 g/mol. The lowest BCUT2D eigenvalue weighted by molar-refractivity contribution is 1.24. The van der Waals surface area contributed by atoms with Crippen molar-refractivity contribution in [2.75, 3.05) is 0 Å². The van der Waals surface area contributed by atoms with E-state index in [0.717, 1.165) is 56.1 Å². The molecule has 8 aromatic carbocycles. The SMILES string of the molecule is c1ccc(-c2cccc(-c3cc(-c4cccc(-c5ccccn5)n4)c4ccc5c(-c6ccc7c(ccc8cc9ccccc9cc87)c6)c6ccccc6cc5c4c3)n2)nc1. The largest absolute Gasteiger partial charge is 0.255 e. The molecular formula is C56H34N4. The molecule has 0 bridgehead atoms. The minimum Gasteiger partial charge on any atom is -0.255 e. The molecule has 0 saturated carbocycles. The van der Waals surface area contributed by atoms with Crippen molar-refractivity contribution in [2.24, 2.45) is 0 Å². The first-order valence-electron chi connectivity index (χ1n) is 20.3. The topological polar surface area (TPSA) is 51.6 Å². The molecule has 0 aliphatic rings. The van der Waals surface area contributed by atoms with Crippen molar-refractivity contribution in [3.05, 3.63) is 207 Å². The van der Waals surface area contributed by atoms with Crippen LogP contribution in [0.3, 0.4) is 0 Å². The molecule has 0 saturated heterocycles. The van der Waals surface area contributed by atoms with Crippen LogP contribution < -0.4 is 0 Å². The summed E-state index contributed by atoms with van der Waals surface area (Å²) in [6.45, 7) is 0. The summed E-state index contributed by atoms with van der Waals surface area (Å²) in [5, 5.41) is 14.6. The van der Waals surface area contributed by atoms with Crippen molar-refractivity contribution < 1.29 is 0 Å². The predicted octanol–water partition coefficient (Wildman–Crippen LogP) is 14.5. The summed E-state index contributed by atoms with van der Waals surface area (Å²) < 4.78 is 0. The summed E-state index contributed by atoms with van der Waals surface area (Å²) in [5.74, 6) is 0. The van der Waals surface area contributed by atoms with Crippen LogP contribution in [0.4, 0.5) is 0 Å². The van der Waals surface area contributed by atoms with Crippen LogP contribution in [-0.2, 0) is 0 Å². The first-order valence-corrected chi connectivity index (χ1v) is 20.3. The van der Waals surface area contributed by atoms with Gasteiger partial charge in [-0.1, -0.05) is 109 Å². The van der Waals surface area contributed by atoms with E-state index in [1.54, 1.807) is 0 Å². The van der Waals surface area contributed by atoms with Gasteiger partial charge in [0.05, 0.1) is 34.2 Å². The van der Waals surface area contributed by atoms with E-state index < -0.39 is 0 Å². The van der Waals surface area contributed by atoms with Gasteiger partial charge in [-0.15, -0.1) is 0 Å². The Labute approximate surface area is 346 Å². The Kier molecular flexibility index (Phi) is 7.82. The van der Waals surface area contributed by atoms with Crippen molar-refractivity contribution in [3.63, 3.8) is 0 Å². The molecule has 0 aliphatic carbocycles. The summed E-state index contributed by atoms with van der Waals surface area (Å²) in [4.78, 5) is 19.7. The predicted molar refractivity (Wildman–Crippen MR) is 250 cm³/mol. The summed E-state index contributed by atoms with van der Waals surface area (Å²) in [6.07, 6.45) is 3.62. The molecule has 4 aromatic heterocycles. The van der Waals surface area contributed by atoms with Gasteiger partial charge in [0.1, 0.15) is 0 Å². The maximum absolute atomic E-state index is 5.23. The van der Waals surface area contributed by atoms with E-state index in [-0.39, 0.29) is 0 Å². The minimum absolute atomic E-state index is 0.827. The molecule has 0 N–H and O–H groups in total. The molecule has 4 heterocycles. The van der Waals surface area contributed by atoms with E-state index in [1.807, 2.05) is 60.9 Å². The highest BCUT2D eigenvalue weighted by atomic mass is 14.8. The van der Waals surface area contributed by atoms with Crippen LogP contribution in [0, 0.1) is 0 Å². The standard InChI is InChI=1S/C56H34N4/c1-2-12-36-31-46-39(29-35(36)11-1)22-21-38-30-40(23-24-42(38)46)56-43-14-4-3-13-37(43)32-48-45(56)26-25-44-47(48)33-41(50-17-9-19-54(59-50)52-15-5-7-27-57-52)34-49(44)51-18-10-20-55(60-51)53-16-6-8-28-58-53/h1-34H. The van der Waals surface area contributed by atoms with Crippen molar-refractivity contribution in [3.8, 4) is 56.4 Å². The third-order valence-electron chi connectivity index (χ3n) is 11.9. The fraction of sp³-hybridized carbons (Fsp3) is 0. The van der Waals surface area contributed by atoms with Gasteiger partial charge in [0.2, 0.25) is 0 Å². The average Bonchev–Trinajstić information content (AvgIpc) is 3.32. The third-order valence-corrected chi connectivity index (χ3v) is 11.9. The first kappa shape index (κ1) is 34.0. The number of rotatable bonds is 5. The molecular weight excluding hydrogens is 729 g/mol. The second-order valence-corrected chi connectivity index (χ2v) is 15.4. The van der Waals surface area contributed by atoms with E-state index in [0.29, 0.717) is 0 Å². The second-order valence-electron chi connectivity index (χ2n) is 15.4. The van der Waals surface area contributed by atoms with E-state index in [1.165, 1.54) is 65.0 Å². The van der Waals surface area contributed by atoms with Crippen LogP contribution in [0.25, 0.3) is 121 Å². The molecule has 4 heteroatoms. The summed E-state index contributed by atoms with van der Waals surface area (Å²) in [7, 11) is 0. The highest BCUT2D eigenvalue weighted by Gasteiger charge is 2.18. The second kappa shape index (κ2) is 13.8. The molecule has 12 rings (SSSR count). The number of hydrogen-bond donors (Lipinski definition) is 0. The van der Waals surface area contributed by atoms with Crippen molar-refractivity contribution >= 4 is 64.6 Å². The summed E-state index contributed by atoms with van der Waals surface area (Å²) >= 11 is 0. The maximum Gasteiger partial charge on any atom is 0.0893 e. The molecule has 60 heavy (non-hydrogen) atoms. The van der Waals surface area contributed by atoms with Gasteiger partial charge in [-0.05, 0) is 161 Å². The van der Waals surface area contributed by atoms with E-state index in [4.69, 9.17) is 9.97 Å². The lowest BCUT2D eigenvalue weighted by Crippen LogP contribution is -1.94. The molecule has 0 amide bonds. The summed E-state index contributed by atoms with van der Waals surface area (Å²) in [5.41, 5.74) is 9.53. The Balaban J connectivity index is 1.12. The molecule has 4 nitrogen and oxygen atoms in total. The zero-order valence-electron chi connectivity index (χ0n) is 32.4. The number of nitrogens with zero attached hydrogens (tertiary/aromatic N) is 4. The molecule has 0 spiro atoms. The van der Waals surface area contributed by atoms with E-state index in [9.17, 15) is 0 Å². The zero-order valence-corrected chi connectivity index (χ0v) is 32.4. The van der Waals surface area contributed by atoms with Crippen LogP contribution in [0.5, 0.6) is 0 Å². The number of hydrogen-bond acceptors (Lipinski definition) is 4. The lowest BCUT2D eigenvalue weighted by atomic mass is 9.87. The van der Waals surface area contributed by atoms with Crippen LogP contribution in [0.15, 0.2) is 207 Å². The van der Waals surface area contributed by atoms with Gasteiger partial charge in [-0.25, -0.2) is 9.97 Å². The number of fused-ring (bicyclic) bond motifs is 8. The molecule has 0 unspecified atom stereocenters. The van der Waals surface area contributed by atoms with Gasteiger partial charge in [0, 0.05) is 23.5 Å². The molecule has 12 aromatic rings. The van der Waals surface area contributed by atoms with Crippen molar-refractivity contribution in [1.82, 2.24) is 19.9 Å². The van der Waals surface area contributed by atoms with Crippen molar-refractivity contribution in [1.29, 1.82) is 0 Å². The van der Waals surface area contributed by atoms with Gasteiger partial charge in [-0.3, -0.25) is 9.97 Å². The number of pyridine rings is 4.